The normalized spacial score (nSPS) is 11.2. The lowest BCUT2D eigenvalue weighted by molar-refractivity contribution is -0.119. The Morgan fingerprint density at radius 1 is 0.878 bits per heavy atom. The van der Waals surface area contributed by atoms with Crippen molar-refractivity contribution in [2.75, 3.05) is 22.8 Å². The average Bonchev–Trinajstić information content (AvgIpc) is 2.98. The number of hydrazone groups is 1. The minimum Gasteiger partial charge on any atom is -0.484 e. The van der Waals surface area contributed by atoms with Gasteiger partial charge in [0.15, 0.2) is 6.61 Å². The molecule has 0 radical (unpaired) electrons. The second-order valence-electron chi connectivity index (χ2n) is 8.87. The summed E-state index contributed by atoms with van der Waals surface area (Å²) in [6.07, 6.45) is 1.39. The zero-order valence-electron chi connectivity index (χ0n) is 22.0. The molecule has 4 rings (SSSR count). The highest BCUT2D eigenvalue weighted by molar-refractivity contribution is 7.92. The molecule has 0 heterocycles. The number of sulfonamides is 1. The van der Waals surface area contributed by atoms with E-state index in [2.05, 4.69) is 15.8 Å². The van der Waals surface area contributed by atoms with E-state index in [-0.39, 0.29) is 11.5 Å². The number of carbonyl (C=O) groups excluding carboxylic acids is 2. The maximum atomic E-state index is 13.3. The maximum absolute atomic E-state index is 13.3. The summed E-state index contributed by atoms with van der Waals surface area (Å²) in [5.74, 6) is -1.00. The molecule has 0 bridgehead atoms. The van der Waals surface area contributed by atoms with Gasteiger partial charge in [-0.2, -0.15) is 5.10 Å². The number of ether oxygens (including phenoxy) is 1. The number of nitrogens with zero attached hydrogens (tertiary/aromatic N) is 2. The number of anilines is 2. The Balaban J connectivity index is 1.33. The van der Waals surface area contributed by atoms with E-state index in [4.69, 9.17) is 4.74 Å². The average molecular weight is 575 g/mol. The van der Waals surface area contributed by atoms with Crippen molar-refractivity contribution in [3.8, 4) is 5.75 Å². The number of rotatable bonds is 11. The third kappa shape index (κ3) is 8.23. The summed E-state index contributed by atoms with van der Waals surface area (Å²) in [7, 11) is -4.01. The topological polar surface area (TPSA) is 117 Å². The van der Waals surface area contributed by atoms with Crippen LogP contribution in [-0.2, 0) is 19.6 Å². The van der Waals surface area contributed by atoms with Crippen molar-refractivity contribution < 1.29 is 27.1 Å². The first-order valence-electron chi connectivity index (χ1n) is 12.5. The summed E-state index contributed by atoms with van der Waals surface area (Å²) >= 11 is 0. The molecule has 0 aliphatic rings. The lowest BCUT2D eigenvalue weighted by Gasteiger charge is -2.23. The molecule has 11 heteroatoms. The number of carbonyl (C=O) groups is 2. The van der Waals surface area contributed by atoms with Crippen molar-refractivity contribution in [3.05, 3.63) is 120 Å². The number of nitrogens with one attached hydrogen (secondary N) is 2. The van der Waals surface area contributed by atoms with Gasteiger partial charge < -0.3 is 10.1 Å². The molecular formula is C30H27FN4O5S. The van der Waals surface area contributed by atoms with Gasteiger partial charge in [0, 0.05) is 5.69 Å². The van der Waals surface area contributed by atoms with Gasteiger partial charge >= 0.3 is 0 Å². The van der Waals surface area contributed by atoms with Gasteiger partial charge in [-0.3, -0.25) is 13.9 Å². The van der Waals surface area contributed by atoms with E-state index in [1.54, 1.807) is 66.7 Å². The minimum atomic E-state index is -4.01. The van der Waals surface area contributed by atoms with Gasteiger partial charge in [-0.05, 0) is 85.3 Å². The quantitative estimate of drug-likeness (QED) is 0.202. The van der Waals surface area contributed by atoms with Crippen LogP contribution in [-0.4, -0.2) is 39.6 Å². The molecule has 0 spiro atoms. The van der Waals surface area contributed by atoms with E-state index in [0.717, 1.165) is 9.87 Å². The van der Waals surface area contributed by atoms with Crippen molar-refractivity contribution in [2.45, 2.75) is 11.8 Å². The van der Waals surface area contributed by atoms with Crippen molar-refractivity contribution in [1.82, 2.24) is 5.43 Å². The molecule has 41 heavy (non-hydrogen) atoms. The molecular weight excluding hydrogens is 547 g/mol. The summed E-state index contributed by atoms with van der Waals surface area (Å²) in [5.41, 5.74) is 4.74. The minimum absolute atomic E-state index is 0.0621. The highest BCUT2D eigenvalue weighted by Crippen LogP contribution is 2.24. The lowest BCUT2D eigenvalue weighted by atomic mass is 10.2. The van der Waals surface area contributed by atoms with Crippen LogP contribution in [0.15, 0.2) is 113 Å². The molecule has 4 aromatic carbocycles. The highest BCUT2D eigenvalue weighted by atomic mass is 32.2. The van der Waals surface area contributed by atoms with Crippen molar-refractivity contribution >= 4 is 39.4 Å². The number of hydrogen-bond acceptors (Lipinski definition) is 6. The molecule has 0 fully saturated rings. The van der Waals surface area contributed by atoms with Gasteiger partial charge in [-0.15, -0.1) is 0 Å². The standard InChI is InChI=1S/C30H27FN4O5S/c1-22-7-15-26(16-8-22)35(41(38,39)28-5-3-2-4-6-28)20-29(36)34-32-19-23-9-17-27(18-10-23)40-21-30(37)33-25-13-11-24(31)12-14-25/h2-19H,20-21H2,1H3,(H,33,37)(H,34,36)/b32-19-. The van der Waals surface area contributed by atoms with Crippen molar-refractivity contribution in [1.29, 1.82) is 0 Å². The summed E-state index contributed by atoms with van der Waals surface area (Å²) < 4.78 is 46.1. The predicted octanol–water partition coefficient (Wildman–Crippen LogP) is 4.50. The number of hydrogen-bond donors (Lipinski definition) is 2. The first-order valence-corrected chi connectivity index (χ1v) is 13.9. The summed E-state index contributed by atoms with van der Waals surface area (Å²) in [6.45, 7) is 1.15. The monoisotopic (exact) mass is 574 g/mol. The SMILES string of the molecule is Cc1ccc(N(CC(=O)N/N=C\c2ccc(OCC(=O)Nc3ccc(F)cc3)cc2)S(=O)(=O)c2ccccc2)cc1. The van der Waals surface area contributed by atoms with Crippen LogP contribution in [0.3, 0.4) is 0 Å². The van der Waals surface area contributed by atoms with E-state index in [0.29, 0.717) is 22.7 Å². The van der Waals surface area contributed by atoms with Crippen LogP contribution in [0.25, 0.3) is 0 Å². The third-order valence-corrected chi connectivity index (χ3v) is 7.51. The fourth-order valence-electron chi connectivity index (χ4n) is 3.62. The first-order chi connectivity index (χ1) is 19.7. The maximum Gasteiger partial charge on any atom is 0.264 e. The Kier molecular flexibility index (Phi) is 9.43. The molecule has 0 atom stereocenters. The number of benzene rings is 4. The number of halogens is 1. The van der Waals surface area contributed by atoms with E-state index in [1.165, 1.54) is 42.6 Å². The van der Waals surface area contributed by atoms with Gasteiger partial charge in [0.1, 0.15) is 18.1 Å². The van der Waals surface area contributed by atoms with Crippen molar-refractivity contribution in [3.63, 3.8) is 0 Å². The Labute approximate surface area is 237 Å². The zero-order valence-corrected chi connectivity index (χ0v) is 22.8. The van der Waals surface area contributed by atoms with Crippen LogP contribution in [0.4, 0.5) is 15.8 Å². The van der Waals surface area contributed by atoms with Crippen LogP contribution in [0.5, 0.6) is 5.75 Å². The van der Waals surface area contributed by atoms with Crippen LogP contribution in [0.2, 0.25) is 0 Å². The molecule has 2 amide bonds. The smallest absolute Gasteiger partial charge is 0.264 e. The Bertz CT molecular complexity index is 1610. The molecule has 2 N–H and O–H groups in total. The van der Waals surface area contributed by atoms with E-state index < -0.39 is 34.2 Å². The molecule has 0 aliphatic carbocycles. The van der Waals surface area contributed by atoms with Crippen molar-refractivity contribution in [2.24, 2.45) is 5.10 Å². The molecule has 0 aromatic heterocycles. The summed E-state index contributed by atoms with van der Waals surface area (Å²) in [4.78, 5) is 24.8. The molecule has 0 saturated heterocycles. The fourth-order valence-corrected chi connectivity index (χ4v) is 5.06. The van der Waals surface area contributed by atoms with Gasteiger partial charge in [0.2, 0.25) is 0 Å². The van der Waals surface area contributed by atoms with Gasteiger partial charge in [-0.1, -0.05) is 35.9 Å². The molecule has 0 saturated carbocycles. The third-order valence-electron chi connectivity index (χ3n) is 5.72. The van der Waals surface area contributed by atoms with Gasteiger partial charge in [-0.25, -0.2) is 18.2 Å². The predicted molar refractivity (Wildman–Crippen MR) is 155 cm³/mol. The zero-order chi connectivity index (χ0) is 29.2. The Morgan fingerprint density at radius 2 is 1.54 bits per heavy atom. The molecule has 0 aliphatic heterocycles. The Morgan fingerprint density at radius 3 is 2.20 bits per heavy atom. The fraction of sp³-hybridized carbons (Fsp3) is 0.100. The first kappa shape index (κ1) is 29.0. The number of aryl methyl sites for hydroxylation is 1. The highest BCUT2D eigenvalue weighted by Gasteiger charge is 2.27. The van der Waals surface area contributed by atoms with Crippen LogP contribution in [0, 0.1) is 12.7 Å². The van der Waals surface area contributed by atoms with E-state index in [9.17, 15) is 22.4 Å². The summed E-state index contributed by atoms with van der Waals surface area (Å²) in [6, 6.07) is 26.7. The largest absolute Gasteiger partial charge is 0.484 e. The molecule has 0 unspecified atom stereocenters. The van der Waals surface area contributed by atoms with E-state index >= 15 is 0 Å². The van der Waals surface area contributed by atoms with E-state index in [1.807, 2.05) is 6.92 Å². The number of amides is 2. The lowest BCUT2D eigenvalue weighted by Crippen LogP contribution is -2.39. The van der Waals surface area contributed by atoms with Crippen LogP contribution >= 0.6 is 0 Å². The van der Waals surface area contributed by atoms with Crippen LogP contribution < -0.4 is 19.8 Å². The Hall–Kier alpha value is -5.03. The molecule has 4 aromatic rings. The van der Waals surface area contributed by atoms with Gasteiger partial charge in [0.25, 0.3) is 21.8 Å². The van der Waals surface area contributed by atoms with Gasteiger partial charge in [0.05, 0.1) is 16.8 Å². The summed E-state index contributed by atoms with van der Waals surface area (Å²) in [5, 5.41) is 6.54. The second-order valence-corrected chi connectivity index (χ2v) is 10.7. The molecule has 9 nitrogen and oxygen atoms in total. The van der Waals surface area contributed by atoms with Crippen LogP contribution in [0.1, 0.15) is 11.1 Å². The second kappa shape index (κ2) is 13.4. The molecule has 210 valence electrons.